The summed E-state index contributed by atoms with van der Waals surface area (Å²) in [5, 5.41) is 10.3. The Kier molecular flexibility index (Phi) is 17.8. The summed E-state index contributed by atoms with van der Waals surface area (Å²) in [7, 11) is 3.56. The number of likely N-dealkylation sites (N-methyl/N-ethyl adjacent to an activating group) is 1. The summed E-state index contributed by atoms with van der Waals surface area (Å²) in [6.45, 7) is 8.46. The Morgan fingerprint density at radius 3 is 2.36 bits per heavy atom. The van der Waals surface area contributed by atoms with E-state index in [4.69, 9.17) is 10.7 Å². The third kappa shape index (κ3) is 12.9. The molecule has 84 heavy (non-hydrogen) atoms. The fourth-order valence-electron chi connectivity index (χ4n) is 11.3. The number of imide groups is 1. The molecule has 0 radical (unpaired) electrons. The first-order valence-electron chi connectivity index (χ1n) is 28.1. The van der Waals surface area contributed by atoms with Crippen molar-refractivity contribution in [2.45, 2.75) is 70.3 Å². The molecule has 1 atom stereocenters. The van der Waals surface area contributed by atoms with Crippen molar-refractivity contribution in [3.63, 3.8) is 0 Å². The lowest BCUT2D eigenvalue weighted by molar-refractivity contribution is -0.137. The molecule has 0 bridgehead atoms. The molecule has 20 nitrogen and oxygen atoms in total. The average Bonchev–Trinajstić information content (AvgIpc) is 2.05. The van der Waals surface area contributed by atoms with E-state index in [-0.39, 0.29) is 35.6 Å². The number of carbonyl (C=O) groups excluding carboxylic acids is 5. The number of amides is 3. The molecule has 0 saturated carbocycles. The van der Waals surface area contributed by atoms with Crippen LogP contribution in [-0.4, -0.2) is 158 Å². The molecular weight excluding hydrogens is 1080 g/mol. The summed E-state index contributed by atoms with van der Waals surface area (Å²) >= 11 is 0. The van der Waals surface area contributed by atoms with Gasteiger partial charge in [0.05, 0.1) is 41.2 Å². The van der Waals surface area contributed by atoms with Crippen LogP contribution in [0.2, 0.25) is 0 Å². The predicted octanol–water partition coefficient (Wildman–Crippen LogP) is 6.83. The van der Waals surface area contributed by atoms with Crippen molar-refractivity contribution in [3.8, 4) is 28.8 Å². The Morgan fingerprint density at radius 2 is 1.65 bits per heavy atom. The van der Waals surface area contributed by atoms with Gasteiger partial charge in [-0.25, -0.2) is 19.9 Å². The van der Waals surface area contributed by atoms with Crippen LogP contribution in [-0.2, 0) is 27.1 Å². The lowest BCUT2D eigenvalue weighted by atomic mass is 9.99. The van der Waals surface area contributed by atoms with Gasteiger partial charge < -0.3 is 40.7 Å². The number of imidazole rings is 1. The number of halogens is 3. The molecular formula is C61H66F3N15O5. The van der Waals surface area contributed by atoms with Gasteiger partial charge in [0, 0.05) is 118 Å². The van der Waals surface area contributed by atoms with Gasteiger partial charge in [0.2, 0.25) is 5.91 Å². The third-order valence-electron chi connectivity index (χ3n) is 15.9. The molecule has 2 aromatic carbocycles. The van der Waals surface area contributed by atoms with E-state index in [0.717, 1.165) is 85.6 Å². The largest absolute Gasteiger partial charge is 0.418 e. The highest BCUT2D eigenvalue weighted by molar-refractivity contribution is 6.25. The molecule has 436 valence electrons. The molecule has 9 heterocycles. The number of nitrogen functional groups attached to an aromatic ring is 1. The number of aryl methyl sites for hydroxylation is 1. The highest BCUT2D eigenvalue weighted by Gasteiger charge is 2.44. The topological polar surface area (TPSA) is 226 Å². The number of aldehydes is 2. The summed E-state index contributed by atoms with van der Waals surface area (Å²) in [5.41, 5.74) is 10.8. The maximum atomic E-state index is 14.6. The van der Waals surface area contributed by atoms with Crippen molar-refractivity contribution in [1.82, 2.24) is 54.3 Å². The first kappa shape index (κ1) is 58.2. The van der Waals surface area contributed by atoms with Crippen LogP contribution in [0.15, 0.2) is 97.6 Å². The molecule has 23 heteroatoms. The first-order chi connectivity index (χ1) is 40.6. The van der Waals surface area contributed by atoms with E-state index in [2.05, 4.69) is 64.3 Å². The fourth-order valence-corrected chi connectivity index (χ4v) is 11.3. The number of alkyl halides is 3. The molecule has 7 aromatic rings. The van der Waals surface area contributed by atoms with Crippen molar-refractivity contribution in [1.29, 1.82) is 0 Å². The van der Waals surface area contributed by atoms with E-state index in [1.807, 2.05) is 29.2 Å². The van der Waals surface area contributed by atoms with E-state index >= 15 is 0 Å². The van der Waals surface area contributed by atoms with Gasteiger partial charge in [0.1, 0.15) is 41.6 Å². The third-order valence-corrected chi connectivity index (χ3v) is 15.9. The van der Waals surface area contributed by atoms with Gasteiger partial charge in [-0.3, -0.25) is 33.4 Å². The van der Waals surface area contributed by atoms with Gasteiger partial charge in [0.15, 0.2) is 5.65 Å². The van der Waals surface area contributed by atoms with Crippen molar-refractivity contribution < 1.29 is 37.1 Å². The van der Waals surface area contributed by atoms with Gasteiger partial charge in [-0.15, -0.1) is 0 Å². The molecule has 1 unspecified atom stereocenters. The number of aromatic nitrogens is 7. The van der Waals surface area contributed by atoms with Crippen LogP contribution in [0.3, 0.4) is 0 Å². The zero-order valence-corrected chi connectivity index (χ0v) is 47.1. The number of rotatable bonds is 15. The number of hydrogen-bond acceptors (Lipinski definition) is 16. The van der Waals surface area contributed by atoms with Gasteiger partial charge in [-0.05, 0) is 126 Å². The number of benzene rings is 2. The monoisotopic (exact) mass is 1150 g/mol. The molecule has 3 fully saturated rings. The predicted molar refractivity (Wildman–Crippen MR) is 312 cm³/mol. The number of carbonyl (C=O) groups is 5. The Morgan fingerprint density at radius 1 is 0.869 bits per heavy atom. The number of pyridine rings is 3. The van der Waals surface area contributed by atoms with E-state index in [1.54, 1.807) is 83.4 Å². The van der Waals surface area contributed by atoms with E-state index < -0.39 is 35.5 Å². The number of fused-ring (bicyclic) bond motifs is 2. The van der Waals surface area contributed by atoms with Gasteiger partial charge >= 0.3 is 6.18 Å². The maximum absolute atomic E-state index is 14.6. The first-order valence-corrected chi connectivity index (χ1v) is 28.1. The normalized spacial score (nSPS) is 16.6. The summed E-state index contributed by atoms with van der Waals surface area (Å²) in [6, 6.07) is 19.8. The number of likely N-dealkylation sites (tertiary alicyclic amines) is 1. The smallest absolute Gasteiger partial charge is 0.384 e. The van der Waals surface area contributed by atoms with Crippen LogP contribution >= 0.6 is 0 Å². The highest BCUT2D eigenvalue weighted by atomic mass is 19.4. The molecule has 4 N–H and O–H groups in total. The molecule has 4 aliphatic heterocycles. The van der Waals surface area contributed by atoms with E-state index in [1.165, 1.54) is 13.1 Å². The van der Waals surface area contributed by atoms with Crippen molar-refractivity contribution >= 4 is 64.5 Å². The number of anilines is 4. The van der Waals surface area contributed by atoms with Crippen LogP contribution < -0.4 is 26.2 Å². The van der Waals surface area contributed by atoms with E-state index in [9.17, 15) is 37.1 Å². The number of hydrogen-bond donors (Lipinski definition) is 3. The Labute approximate surface area is 484 Å². The van der Waals surface area contributed by atoms with Crippen LogP contribution in [0.5, 0.6) is 0 Å². The molecule has 0 spiro atoms. The van der Waals surface area contributed by atoms with Crippen molar-refractivity contribution in [2.75, 3.05) is 93.8 Å². The standard InChI is InChI=1S/C37H36F3N9O.C24H30N6O4/c1-25-44-32-7-6-31(28-10-13-42-34(41)21-28)45-36(32)49(25)29-5-8-33(30(22-29)37(38,39)40)47-19-17-46(18-20-47)14-2-3-26-4-9-35(43-23-26)48-15-11-27(24-50)12-16-48;1-25-22(32)20(7-4-12-31)30-23(33)18-5-3-6-19(21(18)24(30)34)26-13-16-14-27-29(15-16)17-8-10-28(2)11-9-17/h4-10,13,21-24,27H,11-12,14-20H2,1H3,(H2,41,42);3,5-6,12,14-15,17,20,26H,4,7-11,13H2,1-2H3,(H,25,32). The van der Waals surface area contributed by atoms with Crippen LogP contribution in [0.25, 0.3) is 28.1 Å². The summed E-state index contributed by atoms with van der Waals surface area (Å²) < 4.78 is 47.4. The fraction of sp³-hybridized carbons (Fsp3) is 0.377. The molecule has 3 saturated heterocycles. The minimum Gasteiger partial charge on any atom is -0.384 e. The molecule has 11 rings (SSSR count). The Hall–Kier alpha value is -9.01. The summed E-state index contributed by atoms with van der Waals surface area (Å²) in [6.07, 6.45) is 8.27. The zero-order chi connectivity index (χ0) is 59.1. The zero-order valence-electron chi connectivity index (χ0n) is 47.1. The van der Waals surface area contributed by atoms with Gasteiger partial charge in [-0.2, -0.15) is 18.3 Å². The summed E-state index contributed by atoms with van der Waals surface area (Å²) in [4.78, 5) is 87.9. The number of piperazine rings is 1. The Bertz CT molecular complexity index is 3610. The molecule has 4 aliphatic rings. The van der Waals surface area contributed by atoms with E-state index in [0.29, 0.717) is 91.5 Å². The lowest BCUT2D eigenvalue weighted by Crippen LogP contribution is -2.48. The Balaban J connectivity index is 0.000000202. The molecule has 0 aliphatic carbocycles. The molecule has 5 aromatic heterocycles. The lowest BCUT2D eigenvalue weighted by Gasteiger charge is -2.36. The SMILES string of the molecule is CNC(=O)C(CCC=O)N1C(=O)c2cccc(NCc3cnn(C4CCN(C)CC4)c3)c2C1=O.Cc1nc2ccc(-c3ccnc(N)c3)nc2n1-c1ccc(N2CCN(CC#Cc3ccc(N4CCC(C=O)CC4)nc3)CC2)c(C(F)(F)F)c1. The molecule has 3 amide bonds. The quantitative estimate of drug-likeness (QED) is 0.0543. The highest BCUT2D eigenvalue weighted by Crippen LogP contribution is 2.40. The van der Waals surface area contributed by atoms with Crippen LogP contribution in [0.1, 0.15) is 87.8 Å². The second-order valence-corrected chi connectivity index (χ2v) is 21.4. The second kappa shape index (κ2) is 25.6. The van der Waals surface area contributed by atoms with Crippen LogP contribution in [0.4, 0.5) is 36.2 Å². The minimum atomic E-state index is -4.57. The van der Waals surface area contributed by atoms with Gasteiger partial charge in [0.25, 0.3) is 11.8 Å². The minimum absolute atomic E-state index is 0.0673. The second-order valence-electron chi connectivity index (χ2n) is 21.4. The number of nitrogens with two attached hydrogens (primary N) is 1. The number of nitrogens with one attached hydrogen (secondary N) is 2. The number of piperidine rings is 2. The maximum Gasteiger partial charge on any atom is 0.418 e. The number of nitrogens with zero attached hydrogens (tertiary/aromatic N) is 12. The van der Waals surface area contributed by atoms with Gasteiger partial charge in [-0.1, -0.05) is 17.9 Å². The van der Waals surface area contributed by atoms with Crippen molar-refractivity contribution in [3.05, 3.63) is 131 Å². The van der Waals surface area contributed by atoms with Crippen LogP contribution in [0, 0.1) is 24.7 Å². The average molecular weight is 1150 g/mol. The van der Waals surface area contributed by atoms with Crippen molar-refractivity contribution in [2.24, 2.45) is 5.92 Å². The summed E-state index contributed by atoms with van der Waals surface area (Å²) in [5.74, 6) is 6.70.